The van der Waals surface area contributed by atoms with Crippen LogP contribution in [0.4, 0.5) is 32.5 Å². The van der Waals surface area contributed by atoms with Gasteiger partial charge in [-0.1, -0.05) is 65.7 Å². The SMILES string of the molecule is CCCCCC(=O)NC(C(=O)NC(CCCNC(N)=O)C(=O)Nc1ccc(COC(=O)NC2CCN(c3ccc(NC(=O)c4ccc5c(c4)N=C(N)CC(C(=O)N(CCC)CCC)=C5)cn3)CC2)cc1)C(C)C. The van der Waals surface area contributed by atoms with Crippen LogP contribution in [0.3, 0.4) is 0 Å². The molecule has 5 rings (SSSR count). The van der Waals surface area contributed by atoms with Crippen LogP contribution in [0.1, 0.15) is 127 Å². The van der Waals surface area contributed by atoms with Crippen LogP contribution >= 0.6 is 0 Å². The predicted molar refractivity (Wildman–Crippen MR) is 283 cm³/mol. The molecular formula is C53H74N12O8. The number of fused-ring (bicyclic) bond motifs is 1. The molecule has 2 unspecified atom stereocenters. The maximum Gasteiger partial charge on any atom is 0.407 e. The Morgan fingerprint density at radius 2 is 1.55 bits per heavy atom. The molecule has 0 saturated carbocycles. The lowest BCUT2D eigenvalue weighted by Crippen LogP contribution is -2.54. The van der Waals surface area contributed by atoms with Gasteiger partial charge in [-0.15, -0.1) is 0 Å². The number of pyridine rings is 1. The Kier molecular flexibility index (Phi) is 22.0. The Bertz CT molecular complexity index is 2430. The fourth-order valence-corrected chi connectivity index (χ4v) is 8.47. The lowest BCUT2D eigenvalue weighted by Gasteiger charge is -2.33. The number of carbonyl (C=O) groups excluding carboxylic acids is 7. The third-order valence-corrected chi connectivity index (χ3v) is 12.4. The predicted octanol–water partition coefficient (Wildman–Crippen LogP) is 6.25. The second-order valence-corrected chi connectivity index (χ2v) is 18.8. The van der Waals surface area contributed by atoms with Gasteiger partial charge in [0.1, 0.15) is 30.3 Å². The van der Waals surface area contributed by atoms with E-state index in [1.54, 1.807) is 54.7 Å². The number of nitrogens with two attached hydrogens (primary N) is 2. The summed E-state index contributed by atoms with van der Waals surface area (Å²) in [6.07, 6.45) is 9.51. The molecule has 3 aromatic rings. The number of unbranched alkanes of at least 4 members (excludes halogenated alkanes) is 2. The van der Waals surface area contributed by atoms with Gasteiger partial charge >= 0.3 is 12.1 Å². The normalized spacial score (nSPS) is 14.2. The molecule has 0 bridgehead atoms. The molecule has 1 saturated heterocycles. The van der Waals surface area contributed by atoms with Crippen molar-refractivity contribution in [3.8, 4) is 0 Å². The van der Waals surface area contributed by atoms with E-state index < -0.39 is 36.0 Å². The highest BCUT2D eigenvalue weighted by Gasteiger charge is 2.29. The minimum Gasteiger partial charge on any atom is -0.445 e. The summed E-state index contributed by atoms with van der Waals surface area (Å²) in [4.78, 5) is 103. The molecule has 20 nitrogen and oxygen atoms in total. The number of nitrogens with zero attached hydrogens (tertiary/aromatic N) is 4. The van der Waals surface area contributed by atoms with Gasteiger partial charge in [0.2, 0.25) is 23.6 Å². The summed E-state index contributed by atoms with van der Waals surface area (Å²) in [7, 11) is 0. The Morgan fingerprint density at radius 1 is 0.836 bits per heavy atom. The molecule has 3 heterocycles. The average molecular weight is 1010 g/mol. The van der Waals surface area contributed by atoms with Crippen molar-refractivity contribution in [3.63, 3.8) is 0 Å². The molecule has 394 valence electrons. The fraction of sp³-hybridized carbons (Fsp3) is 0.491. The first-order chi connectivity index (χ1) is 35.1. The highest BCUT2D eigenvalue weighted by molar-refractivity contribution is 6.08. The summed E-state index contributed by atoms with van der Waals surface area (Å²) < 4.78 is 5.52. The number of hydrogen-bond donors (Lipinski definition) is 8. The highest BCUT2D eigenvalue weighted by atomic mass is 16.5. The van der Waals surface area contributed by atoms with Gasteiger partial charge < -0.3 is 57.9 Å². The molecule has 2 aliphatic rings. The number of urea groups is 1. The van der Waals surface area contributed by atoms with Crippen molar-refractivity contribution in [2.24, 2.45) is 22.4 Å². The van der Waals surface area contributed by atoms with Crippen LogP contribution in [-0.4, -0.2) is 108 Å². The summed E-state index contributed by atoms with van der Waals surface area (Å²) in [6, 6.07) is 12.9. The molecule has 1 aromatic heterocycles. The van der Waals surface area contributed by atoms with E-state index in [1.165, 1.54) is 0 Å². The van der Waals surface area contributed by atoms with E-state index in [4.69, 9.17) is 16.2 Å². The van der Waals surface area contributed by atoms with E-state index >= 15 is 0 Å². The molecule has 73 heavy (non-hydrogen) atoms. The minimum absolute atomic E-state index is 0.00918. The Labute approximate surface area is 428 Å². The van der Waals surface area contributed by atoms with Gasteiger partial charge in [-0.25, -0.2) is 19.6 Å². The van der Waals surface area contributed by atoms with Crippen LogP contribution < -0.4 is 48.3 Å². The van der Waals surface area contributed by atoms with Crippen LogP contribution in [0.15, 0.2) is 71.4 Å². The molecule has 2 aliphatic heterocycles. The average Bonchev–Trinajstić information content (AvgIpc) is 3.53. The van der Waals surface area contributed by atoms with Crippen LogP contribution in [-0.2, 0) is 30.5 Å². The molecule has 10 N–H and O–H groups in total. The number of anilines is 3. The number of alkyl carbamates (subject to hydrolysis) is 1. The number of hydrogen-bond acceptors (Lipinski definition) is 12. The van der Waals surface area contributed by atoms with Crippen molar-refractivity contribution in [2.45, 2.75) is 130 Å². The van der Waals surface area contributed by atoms with Gasteiger partial charge in [-0.05, 0) is 98.9 Å². The summed E-state index contributed by atoms with van der Waals surface area (Å²) >= 11 is 0. The Hall–Kier alpha value is -7.51. The van der Waals surface area contributed by atoms with E-state index in [1.807, 2.05) is 51.7 Å². The molecule has 0 radical (unpaired) electrons. The number of aromatic nitrogens is 1. The van der Waals surface area contributed by atoms with Crippen LogP contribution in [0, 0.1) is 5.92 Å². The number of nitrogens with one attached hydrogen (secondary N) is 6. The monoisotopic (exact) mass is 1010 g/mol. The van der Waals surface area contributed by atoms with E-state index in [0.29, 0.717) is 103 Å². The van der Waals surface area contributed by atoms with Crippen LogP contribution in [0.25, 0.3) is 6.08 Å². The minimum atomic E-state index is -0.980. The molecule has 2 atom stereocenters. The summed E-state index contributed by atoms with van der Waals surface area (Å²) in [5.74, 6) is -0.807. The smallest absolute Gasteiger partial charge is 0.407 e. The van der Waals surface area contributed by atoms with Crippen molar-refractivity contribution < 1.29 is 38.3 Å². The number of rotatable bonds is 25. The summed E-state index contributed by atoms with van der Waals surface area (Å²) in [5.41, 5.74) is 15.3. The zero-order valence-corrected chi connectivity index (χ0v) is 42.9. The standard InChI is InChI=1S/C53H74N12O8/c1-6-9-10-13-46(66)63-47(34(4)5)50(69)62-42(12-11-24-56-52(55)71)49(68)58-39-18-14-35(15-19-39)33-73-53(72)60-40-22-27-64(28-23-40)45-21-20-41(32-57-45)59-48(67)37-17-16-36-29-38(31-44(54)61-43(36)30-37)51(70)65(25-7-2)26-8-3/h14-21,29-30,32,34,40,42,47H,6-13,22-28,31,33H2,1-5H3,(H2,54,61)(H,58,68)(H,59,67)(H,60,72)(H,62,69)(H,63,66)(H3,55,56,71). The topological polar surface area (TPSA) is 285 Å². The maximum atomic E-state index is 13.5. The zero-order chi connectivity index (χ0) is 52.9. The fourth-order valence-electron chi connectivity index (χ4n) is 8.47. The number of primary amides is 1. The first-order valence-corrected chi connectivity index (χ1v) is 25.5. The van der Waals surface area contributed by atoms with E-state index in [2.05, 4.69) is 46.8 Å². The van der Waals surface area contributed by atoms with Gasteiger partial charge in [0, 0.05) is 74.0 Å². The van der Waals surface area contributed by atoms with Gasteiger partial charge in [0.15, 0.2) is 0 Å². The van der Waals surface area contributed by atoms with Crippen molar-refractivity contribution in [1.82, 2.24) is 31.2 Å². The van der Waals surface area contributed by atoms with Crippen molar-refractivity contribution >= 4 is 76.5 Å². The van der Waals surface area contributed by atoms with E-state index in [9.17, 15) is 33.6 Å². The first-order valence-electron chi connectivity index (χ1n) is 25.5. The lowest BCUT2D eigenvalue weighted by atomic mass is 10.0. The van der Waals surface area contributed by atoms with Crippen LogP contribution in [0.2, 0.25) is 0 Å². The van der Waals surface area contributed by atoms with Gasteiger partial charge in [-0.3, -0.25) is 24.0 Å². The number of piperidine rings is 1. The number of carbonyl (C=O) groups is 7. The number of amidine groups is 1. The van der Waals surface area contributed by atoms with Crippen molar-refractivity contribution in [3.05, 3.63) is 83.1 Å². The molecule has 1 fully saturated rings. The highest BCUT2D eigenvalue weighted by Crippen LogP contribution is 2.29. The summed E-state index contributed by atoms with van der Waals surface area (Å²) in [5, 5.41) is 16.8. The molecule has 0 aliphatic carbocycles. The molecule has 8 amide bonds. The maximum absolute atomic E-state index is 13.5. The van der Waals surface area contributed by atoms with Gasteiger partial charge in [0.25, 0.3) is 5.91 Å². The van der Waals surface area contributed by atoms with E-state index in [0.717, 1.165) is 31.5 Å². The number of aliphatic imine (C=N–C) groups is 1. The Morgan fingerprint density at radius 3 is 2.19 bits per heavy atom. The van der Waals surface area contributed by atoms with Gasteiger partial charge in [0.05, 0.1) is 17.6 Å². The lowest BCUT2D eigenvalue weighted by molar-refractivity contribution is -0.132. The molecule has 20 heteroatoms. The van der Waals surface area contributed by atoms with E-state index in [-0.39, 0.29) is 55.7 Å². The molecule has 2 aromatic carbocycles. The third kappa shape index (κ3) is 17.9. The van der Waals surface area contributed by atoms with Crippen molar-refractivity contribution in [2.75, 3.05) is 48.3 Å². The van der Waals surface area contributed by atoms with Crippen molar-refractivity contribution in [1.29, 1.82) is 0 Å². The third-order valence-electron chi connectivity index (χ3n) is 12.4. The van der Waals surface area contributed by atoms with Crippen LogP contribution in [0.5, 0.6) is 0 Å². The number of amides is 8. The number of ether oxygens (including phenoxy) is 1. The Balaban J connectivity index is 1.06. The van der Waals surface area contributed by atoms with Gasteiger partial charge in [-0.2, -0.15) is 0 Å². The second-order valence-electron chi connectivity index (χ2n) is 18.8. The first kappa shape index (κ1) is 56.4. The second kappa shape index (κ2) is 28.5. The summed E-state index contributed by atoms with van der Waals surface area (Å²) in [6.45, 7) is 12.5. The molecule has 0 spiro atoms. The zero-order valence-electron chi connectivity index (χ0n) is 42.9. The quantitative estimate of drug-likeness (QED) is 0.0439. The number of benzene rings is 2. The molecular weight excluding hydrogens is 933 g/mol. The largest absolute Gasteiger partial charge is 0.445 e.